The van der Waals surface area contributed by atoms with Crippen molar-refractivity contribution in [3.63, 3.8) is 0 Å². The topological polar surface area (TPSA) is 179 Å². The molecule has 1 atom stereocenters. The van der Waals surface area contributed by atoms with E-state index in [9.17, 15) is 18.1 Å². The van der Waals surface area contributed by atoms with Gasteiger partial charge in [0.25, 0.3) is 10.4 Å². The first-order chi connectivity index (χ1) is 16.8. The van der Waals surface area contributed by atoms with Gasteiger partial charge in [0, 0.05) is 35.4 Å². The summed E-state index contributed by atoms with van der Waals surface area (Å²) in [6.07, 6.45) is -0.760. The van der Waals surface area contributed by atoms with E-state index in [1.807, 2.05) is 42.5 Å². The summed E-state index contributed by atoms with van der Waals surface area (Å²) in [6, 6.07) is 17.7. The lowest BCUT2D eigenvalue weighted by Crippen LogP contribution is -2.33. The maximum atomic E-state index is 10.8. The maximum absolute atomic E-state index is 10.8. The minimum Gasteiger partial charge on any atom is -0.716 e. The van der Waals surface area contributed by atoms with Crippen LogP contribution in [0.3, 0.4) is 0 Å². The molecule has 1 unspecified atom stereocenters. The van der Waals surface area contributed by atoms with Crippen molar-refractivity contribution in [2.24, 2.45) is 0 Å². The molecule has 0 aliphatic rings. The zero-order chi connectivity index (χ0) is 24.8. The zero-order valence-electron chi connectivity index (χ0n) is 19.9. The molecule has 0 saturated carbocycles. The van der Waals surface area contributed by atoms with Crippen molar-refractivity contribution in [2.75, 3.05) is 33.4 Å². The Hall–Kier alpha value is -3.55. The highest BCUT2D eigenvalue weighted by Gasteiger charge is 2.12. The number of aliphatic hydroxyl groups excluding tert-OH is 1. The van der Waals surface area contributed by atoms with E-state index in [4.69, 9.17) is 14.2 Å². The van der Waals surface area contributed by atoms with Gasteiger partial charge in [0.15, 0.2) is 11.5 Å². The summed E-state index contributed by atoms with van der Waals surface area (Å²) in [5, 5.41) is 15.4. The van der Waals surface area contributed by atoms with Crippen LogP contribution in [0.1, 0.15) is 0 Å². The third-order valence-corrected chi connectivity index (χ3v) is 5.57. The van der Waals surface area contributed by atoms with Crippen molar-refractivity contribution in [2.45, 2.75) is 6.10 Å². The molecule has 0 aliphatic carbocycles. The van der Waals surface area contributed by atoms with Crippen molar-refractivity contribution >= 4 is 32.2 Å². The summed E-state index contributed by atoms with van der Waals surface area (Å²) in [6.45, 7) is 0.931. The Morgan fingerprint density at radius 3 is 2.56 bits per heavy atom. The summed E-state index contributed by atoms with van der Waals surface area (Å²) < 4.78 is 53.4. The molecule has 0 aliphatic heterocycles. The molecule has 4 rings (SSSR count). The van der Waals surface area contributed by atoms with E-state index in [0.717, 1.165) is 21.8 Å². The number of rotatable bonds is 12. The van der Waals surface area contributed by atoms with Crippen LogP contribution >= 0.6 is 0 Å². The highest BCUT2D eigenvalue weighted by atomic mass is 32.3. The lowest BCUT2D eigenvalue weighted by molar-refractivity contribution is 0.106. The Bertz CT molecular complexity index is 1410. The fourth-order valence-corrected chi connectivity index (χ4v) is 4.01. The number of benzene rings is 3. The first-order valence-electron chi connectivity index (χ1n) is 10.8. The van der Waals surface area contributed by atoms with Crippen LogP contribution in [0.5, 0.6) is 23.0 Å². The Labute approximate surface area is 208 Å². The second-order valence-corrected chi connectivity index (χ2v) is 8.65. The normalized spacial score (nSPS) is 12.2. The van der Waals surface area contributed by atoms with Gasteiger partial charge in [-0.1, -0.05) is 24.3 Å². The Kier molecular flexibility index (Phi) is 8.96. The Morgan fingerprint density at radius 2 is 1.78 bits per heavy atom. The first kappa shape index (κ1) is 27.0. The monoisotopic (exact) mass is 519 g/mol. The van der Waals surface area contributed by atoms with Gasteiger partial charge >= 0.3 is 0 Å². The molecule has 12 heteroatoms. The average molecular weight is 520 g/mol. The number of ether oxygens (including phenoxy) is 3. The third kappa shape index (κ3) is 6.77. The van der Waals surface area contributed by atoms with Gasteiger partial charge < -0.3 is 44.5 Å². The van der Waals surface area contributed by atoms with E-state index in [1.54, 1.807) is 0 Å². The number of aromatic nitrogens is 1. The number of aromatic amines is 1. The molecule has 11 nitrogen and oxygen atoms in total. The minimum absolute atomic E-state index is 0. The number of nitrogens with one attached hydrogen (secondary N) is 2. The lowest BCUT2D eigenvalue weighted by Gasteiger charge is -2.15. The summed E-state index contributed by atoms with van der Waals surface area (Å²) in [5.41, 5.74) is 1.98. The molecule has 194 valence electrons. The van der Waals surface area contributed by atoms with Crippen molar-refractivity contribution < 1.29 is 36.5 Å². The number of fused-ring (bicyclic) bond motifs is 3. The van der Waals surface area contributed by atoms with Crippen LogP contribution < -0.4 is 29.9 Å². The van der Waals surface area contributed by atoms with Crippen LogP contribution in [0.2, 0.25) is 0 Å². The SMILES string of the molecule is COc1ccc(OS(=O)(=O)[O-])cc1OCCNCC(O)COc1cccc2[nH]c3ccccc3c12.[NH4+]. The Morgan fingerprint density at radius 1 is 1.00 bits per heavy atom. The van der Waals surface area contributed by atoms with Crippen molar-refractivity contribution in [1.82, 2.24) is 16.5 Å². The van der Waals surface area contributed by atoms with Gasteiger partial charge in [0.1, 0.15) is 30.8 Å². The second kappa shape index (κ2) is 11.9. The molecule has 0 spiro atoms. The predicted molar refractivity (Wildman–Crippen MR) is 135 cm³/mol. The van der Waals surface area contributed by atoms with Crippen molar-refractivity contribution in [1.29, 1.82) is 0 Å². The van der Waals surface area contributed by atoms with E-state index in [0.29, 0.717) is 18.0 Å². The van der Waals surface area contributed by atoms with Crippen LogP contribution in [0, 0.1) is 0 Å². The summed E-state index contributed by atoms with van der Waals surface area (Å²) in [4.78, 5) is 3.36. The number of methoxy groups -OCH3 is 1. The van der Waals surface area contributed by atoms with Gasteiger partial charge in [0.2, 0.25) is 0 Å². The fourth-order valence-electron chi connectivity index (χ4n) is 3.67. The van der Waals surface area contributed by atoms with Gasteiger partial charge in [-0.25, -0.2) is 8.42 Å². The lowest BCUT2D eigenvalue weighted by atomic mass is 10.1. The smallest absolute Gasteiger partial charge is 0.262 e. The van der Waals surface area contributed by atoms with E-state index in [1.165, 1.54) is 25.3 Å². The second-order valence-electron chi connectivity index (χ2n) is 7.67. The predicted octanol–water partition coefficient (Wildman–Crippen LogP) is 2.95. The highest BCUT2D eigenvalue weighted by Crippen LogP contribution is 2.33. The summed E-state index contributed by atoms with van der Waals surface area (Å²) in [5.74, 6) is 1.07. The molecule has 3 aromatic carbocycles. The molecule has 0 fully saturated rings. The van der Waals surface area contributed by atoms with Crippen LogP contribution in [0.15, 0.2) is 60.7 Å². The molecule has 4 aromatic rings. The molecule has 36 heavy (non-hydrogen) atoms. The van der Waals surface area contributed by atoms with Gasteiger partial charge in [-0.15, -0.1) is 0 Å². The van der Waals surface area contributed by atoms with E-state index < -0.39 is 16.5 Å². The van der Waals surface area contributed by atoms with Gasteiger partial charge in [-0.05, 0) is 30.3 Å². The zero-order valence-corrected chi connectivity index (χ0v) is 20.7. The highest BCUT2D eigenvalue weighted by molar-refractivity contribution is 7.81. The molecule has 0 radical (unpaired) electrons. The fraction of sp³-hybridized carbons (Fsp3) is 0.250. The molecular formula is C24H29N3O8S. The van der Waals surface area contributed by atoms with Gasteiger partial charge in [0.05, 0.1) is 12.6 Å². The molecule has 0 saturated heterocycles. The Balaban J connectivity index is 0.00000361. The largest absolute Gasteiger partial charge is 0.716 e. The number of H-pyrrole nitrogens is 1. The van der Waals surface area contributed by atoms with E-state index >= 15 is 0 Å². The summed E-state index contributed by atoms with van der Waals surface area (Å²) in [7, 11) is -3.47. The van der Waals surface area contributed by atoms with Gasteiger partial charge in [-0.2, -0.15) is 0 Å². The van der Waals surface area contributed by atoms with E-state index in [2.05, 4.69) is 14.5 Å². The van der Waals surface area contributed by atoms with Crippen LogP contribution in [-0.2, 0) is 10.4 Å². The minimum atomic E-state index is -4.90. The number of hydrogen-bond acceptors (Lipinski definition) is 9. The molecular weight excluding hydrogens is 490 g/mol. The molecule has 0 bridgehead atoms. The molecule has 1 aromatic heterocycles. The maximum Gasteiger partial charge on any atom is 0.262 e. The van der Waals surface area contributed by atoms with Crippen LogP contribution in [0.4, 0.5) is 0 Å². The quantitative estimate of drug-likeness (QED) is 0.124. The standard InChI is InChI=1S/C24H26N2O8S.H3N/c1-31-21-10-9-17(34-35(28,29)30)13-23(21)32-12-11-25-14-16(27)15-33-22-8-4-7-20-24(22)18-5-2-3-6-19(18)26-20;/h2-10,13,16,25-27H,11-12,14-15H2,1H3,(H,28,29,30);1H3. The van der Waals surface area contributed by atoms with Crippen LogP contribution in [0.25, 0.3) is 21.8 Å². The first-order valence-corrected chi connectivity index (χ1v) is 12.1. The number of quaternary nitrogens is 1. The molecule has 0 amide bonds. The van der Waals surface area contributed by atoms with Crippen molar-refractivity contribution in [3.05, 3.63) is 60.7 Å². The van der Waals surface area contributed by atoms with Crippen LogP contribution in [-0.4, -0.2) is 62.6 Å². The third-order valence-electron chi connectivity index (χ3n) is 5.17. The number of para-hydroxylation sites is 1. The molecule has 7 N–H and O–H groups in total. The average Bonchev–Trinajstić information content (AvgIpc) is 3.21. The number of aliphatic hydroxyl groups is 1. The number of hydrogen-bond donors (Lipinski definition) is 4. The summed E-state index contributed by atoms with van der Waals surface area (Å²) >= 11 is 0. The van der Waals surface area contributed by atoms with Gasteiger partial charge in [-0.3, -0.25) is 0 Å². The van der Waals surface area contributed by atoms with E-state index in [-0.39, 0.29) is 37.4 Å². The molecule has 1 heterocycles. The van der Waals surface area contributed by atoms with Crippen molar-refractivity contribution in [3.8, 4) is 23.0 Å².